The zero-order valence-electron chi connectivity index (χ0n) is 24.8. The minimum absolute atomic E-state index is 0.0374. The van der Waals surface area contributed by atoms with Crippen LogP contribution in [0, 0.1) is 11.8 Å². The van der Waals surface area contributed by atoms with Crippen molar-refractivity contribution in [1.29, 1.82) is 0 Å². The van der Waals surface area contributed by atoms with Gasteiger partial charge in [-0.2, -0.15) is 0 Å². The first-order valence-corrected chi connectivity index (χ1v) is 15.7. The van der Waals surface area contributed by atoms with Crippen LogP contribution in [0.25, 0.3) is 0 Å². The zero-order valence-corrected chi connectivity index (χ0v) is 25.6. The number of carbonyl (C=O) groups is 4. The molecule has 2 aliphatic rings. The van der Waals surface area contributed by atoms with Crippen LogP contribution in [0.3, 0.4) is 0 Å². The van der Waals surface area contributed by atoms with Gasteiger partial charge in [-0.3, -0.25) is 14.4 Å². The number of nitrogens with one attached hydrogen (secondary N) is 1. The highest BCUT2D eigenvalue weighted by Crippen LogP contribution is 2.30. The number of hydrogen-bond donors (Lipinski definition) is 2. The van der Waals surface area contributed by atoms with Crippen LogP contribution in [0.4, 0.5) is 0 Å². The number of aromatic nitrogens is 1. The van der Waals surface area contributed by atoms with Crippen LogP contribution in [0.5, 0.6) is 0 Å². The lowest BCUT2D eigenvalue weighted by Crippen LogP contribution is -2.49. The smallest absolute Gasteiger partial charge is 0.330 e. The fourth-order valence-electron chi connectivity index (χ4n) is 5.13. The molecule has 1 saturated heterocycles. The topological polar surface area (TPSA) is 173 Å². The van der Waals surface area contributed by atoms with Crippen LogP contribution >= 0.6 is 0 Å². The number of ether oxygens (including phenoxy) is 1. The highest BCUT2D eigenvalue weighted by atomic mass is 32.2. The number of sulfone groups is 1. The number of hydrogen-bond acceptors (Lipinski definition) is 10. The van der Waals surface area contributed by atoms with Gasteiger partial charge in [0, 0.05) is 30.8 Å². The van der Waals surface area contributed by atoms with Gasteiger partial charge in [0.25, 0.3) is 5.91 Å². The Morgan fingerprint density at radius 3 is 2.60 bits per heavy atom. The molecule has 3 rings (SSSR count). The Kier molecular flexibility index (Phi) is 11.4. The number of cyclic esters (lactones) is 1. The van der Waals surface area contributed by atoms with Crippen molar-refractivity contribution in [3.8, 4) is 0 Å². The summed E-state index contributed by atoms with van der Waals surface area (Å²) in [7, 11) is -3.99. The fraction of sp³-hybridized carbons (Fsp3) is 0.500. The summed E-state index contributed by atoms with van der Waals surface area (Å²) in [5.74, 6) is -3.17. The van der Waals surface area contributed by atoms with E-state index in [2.05, 4.69) is 16.9 Å². The van der Waals surface area contributed by atoms with Crippen molar-refractivity contribution in [2.75, 3.05) is 13.1 Å². The molecular formula is C30H39N3O9S. The molecule has 1 fully saturated rings. The van der Waals surface area contributed by atoms with Crippen LogP contribution in [0.2, 0.25) is 0 Å². The lowest BCUT2D eigenvalue weighted by molar-refractivity contribution is -0.157. The van der Waals surface area contributed by atoms with Crippen molar-refractivity contribution in [2.45, 2.75) is 70.5 Å². The van der Waals surface area contributed by atoms with E-state index in [1.165, 1.54) is 12.2 Å². The Balaban J connectivity index is 1.99. The zero-order chi connectivity index (χ0) is 31.9. The predicted octanol–water partition coefficient (Wildman–Crippen LogP) is 2.07. The second-order valence-corrected chi connectivity index (χ2v) is 13.2. The third kappa shape index (κ3) is 8.83. The molecule has 1 unspecified atom stereocenters. The average Bonchev–Trinajstić information content (AvgIpc) is 3.59. The molecular weight excluding hydrogens is 578 g/mol. The Morgan fingerprint density at radius 2 is 1.93 bits per heavy atom. The minimum atomic E-state index is -3.99. The summed E-state index contributed by atoms with van der Waals surface area (Å²) in [4.78, 5) is 57.2. The van der Waals surface area contributed by atoms with E-state index in [9.17, 15) is 32.7 Å². The molecule has 5 atom stereocenters. The van der Waals surface area contributed by atoms with Crippen LogP contribution < -0.4 is 5.32 Å². The number of fused-ring (bicyclic) bond motifs is 3. The standard InChI is InChI=1S/C30H39N3O9S/c1-6-43(39,40)24-11-13-33-27(24)30(38)42-28(18(2)3)20(5)9-10-25(36)31-12-7-8-19(4)14-21(34)15-22(35)16-26-32-23(17-41-26)29(33)37/h6-10,14,17-18,20-21,24,27-28,34H,1,11-13,15-16H2,2-5H3,(H,31,36)/b8-7+,10-9+,19-14+/t20-,21-,24-,27-,28?/m1/s1. The molecule has 43 heavy (non-hydrogen) atoms. The van der Waals surface area contributed by atoms with E-state index >= 15 is 0 Å². The number of esters is 1. The number of ketones is 1. The second-order valence-electron chi connectivity index (χ2n) is 11.1. The maximum Gasteiger partial charge on any atom is 0.330 e. The van der Waals surface area contributed by atoms with Crippen LogP contribution in [0.15, 0.2) is 58.6 Å². The van der Waals surface area contributed by atoms with Gasteiger partial charge in [-0.05, 0) is 25.3 Å². The van der Waals surface area contributed by atoms with E-state index in [-0.39, 0.29) is 55.8 Å². The third-order valence-electron chi connectivity index (χ3n) is 7.26. The second kappa shape index (κ2) is 14.6. The number of oxazole rings is 1. The van der Waals surface area contributed by atoms with Gasteiger partial charge in [-0.1, -0.05) is 57.2 Å². The number of allylic oxidation sites excluding steroid dienone is 2. The first-order valence-electron chi connectivity index (χ1n) is 14.1. The van der Waals surface area contributed by atoms with Gasteiger partial charge in [-0.25, -0.2) is 18.2 Å². The molecule has 2 aliphatic heterocycles. The van der Waals surface area contributed by atoms with Crippen molar-refractivity contribution < 1.29 is 41.9 Å². The van der Waals surface area contributed by atoms with Crippen molar-refractivity contribution in [2.24, 2.45) is 11.8 Å². The summed E-state index contributed by atoms with van der Waals surface area (Å²) < 4.78 is 36.9. The summed E-state index contributed by atoms with van der Waals surface area (Å²) in [5, 5.41) is 12.5. The maximum atomic E-state index is 13.6. The largest absolute Gasteiger partial charge is 0.460 e. The molecule has 2 N–H and O–H groups in total. The summed E-state index contributed by atoms with van der Waals surface area (Å²) in [6.45, 7) is 10.6. The van der Waals surface area contributed by atoms with Gasteiger partial charge in [-0.15, -0.1) is 0 Å². The highest BCUT2D eigenvalue weighted by Gasteiger charge is 2.49. The maximum absolute atomic E-state index is 13.6. The Morgan fingerprint density at radius 1 is 1.21 bits per heavy atom. The van der Waals surface area contributed by atoms with E-state index in [0.717, 1.165) is 16.6 Å². The number of Topliss-reactive ketones (excluding diaryl/α,β-unsaturated/α-hetero) is 1. The fourth-order valence-corrected chi connectivity index (χ4v) is 6.43. The number of aliphatic hydroxyl groups is 1. The molecule has 0 saturated carbocycles. The Hall–Kier alpha value is -3.84. The molecule has 2 bridgehead atoms. The molecule has 1 aromatic rings. The van der Waals surface area contributed by atoms with E-state index in [1.807, 2.05) is 13.8 Å². The van der Waals surface area contributed by atoms with Crippen molar-refractivity contribution in [3.05, 3.63) is 65.8 Å². The SMILES string of the molecule is C=CS(=O)(=O)[C@@H]1CCN2C(=O)c3coc(n3)CC(=O)C[C@H](O)/C=C(C)/C=C/CNC(=O)/C=C/[C@@H](C)C(C(C)C)OC(=O)[C@@H]12. The third-order valence-corrected chi connectivity index (χ3v) is 9.07. The van der Waals surface area contributed by atoms with Gasteiger partial charge in [0.05, 0.1) is 17.8 Å². The molecule has 12 nitrogen and oxygen atoms in total. The molecule has 0 spiro atoms. The molecule has 1 aromatic heterocycles. The monoisotopic (exact) mass is 617 g/mol. The molecule has 234 valence electrons. The van der Waals surface area contributed by atoms with E-state index < -0.39 is 56.9 Å². The molecule has 13 heteroatoms. The van der Waals surface area contributed by atoms with Crippen LogP contribution in [-0.4, -0.2) is 83.6 Å². The van der Waals surface area contributed by atoms with Gasteiger partial charge in [0.2, 0.25) is 11.8 Å². The first-order chi connectivity index (χ1) is 20.2. The Bertz CT molecular complexity index is 1420. The van der Waals surface area contributed by atoms with Crippen molar-refractivity contribution in [1.82, 2.24) is 15.2 Å². The summed E-state index contributed by atoms with van der Waals surface area (Å²) in [6, 6.07) is -1.49. The number of amides is 2. The van der Waals surface area contributed by atoms with Gasteiger partial charge in [0.1, 0.15) is 24.2 Å². The Labute approximate surface area is 251 Å². The number of nitrogens with zero attached hydrogens (tertiary/aromatic N) is 2. The summed E-state index contributed by atoms with van der Waals surface area (Å²) in [5.41, 5.74) is 0.472. The van der Waals surface area contributed by atoms with Gasteiger partial charge >= 0.3 is 5.97 Å². The number of carbonyl (C=O) groups excluding carboxylic acids is 4. The van der Waals surface area contributed by atoms with Crippen LogP contribution in [-0.2, 0) is 35.4 Å². The lowest BCUT2D eigenvalue weighted by Gasteiger charge is -2.30. The van der Waals surface area contributed by atoms with Gasteiger partial charge < -0.3 is 24.5 Å². The first kappa shape index (κ1) is 33.7. The van der Waals surface area contributed by atoms with E-state index in [0.29, 0.717) is 5.57 Å². The van der Waals surface area contributed by atoms with E-state index in [4.69, 9.17) is 9.15 Å². The molecule has 2 amide bonds. The van der Waals surface area contributed by atoms with E-state index in [1.54, 1.807) is 32.1 Å². The van der Waals surface area contributed by atoms with Crippen molar-refractivity contribution >= 4 is 33.4 Å². The highest BCUT2D eigenvalue weighted by molar-refractivity contribution is 7.94. The minimum Gasteiger partial charge on any atom is -0.460 e. The molecule has 0 aliphatic carbocycles. The predicted molar refractivity (Wildman–Crippen MR) is 157 cm³/mol. The van der Waals surface area contributed by atoms with Gasteiger partial charge in [0.15, 0.2) is 15.5 Å². The lowest BCUT2D eigenvalue weighted by atomic mass is 9.94. The molecule has 3 heterocycles. The molecule has 0 radical (unpaired) electrons. The summed E-state index contributed by atoms with van der Waals surface area (Å²) >= 11 is 0. The number of rotatable bonds is 3. The molecule has 0 aromatic carbocycles. The van der Waals surface area contributed by atoms with Crippen LogP contribution in [0.1, 0.15) is 56.9 Å². The van der Waals surface area contributed by atoms with Crippen molar-refractivity contribution in [3.63, 3.8) is 0 Å². The quantitative estimate of drug-likeness (QED) is 0.478. The normalized spacial score (nSPS) is 29.7. The summed E-state index contributed by atoms with van der Waals surface area (Å²) in [6.07, 6.45) is 6.47. The average molecular weight is 618 g/mol. The number of aliphatic hydroxyl groups excluding tert-OH is 1.